The number of amides is 1. The number of likely N-dealkylation sites (N-methyl/N-ethyl adjacent to an activating group) is 1. The van der Waals surface area contributed by atoms with Crippen LogP contribution in [0.15, 0.2) is 27.7 Å². The Morgan fingerprint density at radius 3 is 2.74 bits per heavy atom. The number of nitrogens with zero attached hydrogens (tertiary/aromatic N) is 2. The molecular formula is C13H16N2O2S2. The molecule has 0 unspecified atom stereocenters. The number of rotatable bonds is 5. The van der Waals surface area contributed by atoms with Crippen LogP contribution in [0.4, 0.5) is 0 Å². The first-order chi connectivity index (χ1) is 9.11. The number of thiazole rings is 1. The van der Waals surface area contributed by atoms with Crippen molar-refractivity contribution < 1.29 is 4.79 Å². The molecule has 0 saturated carbocycles. The molecule has 102 valence electrons. The summed E-state index contributed by atoms with van der Waals surface area (Å²) in [5.41, 5.74) is 0.843. The normalized spacial score (nSPS) is 10.6. The quantitative estimate of drug-likeness (QED) is 0.850. The van der Waals surface area contributed by atoms with Gasteiger partial charge in [0.15, 0.2) is 0 Å². The predicted molar refractivity (Wildman–Crippen MR) is 78.7 cm³/mol. The average molecular weight is 296 g/mol. The molecule has 2 aromatic heterocycles. The molecule has 0 bridgehead atoms. The second kappa shape index (κ2) is 6.16. The van der Waals surface area contributed by atoms with Crippen LogP contribution in [0.1, 0.15) is 17.5 Å². The molecule has 19 heavy (non-hydrogen) atoms. The van der Waals surface area contributed by atoms with E-state index in [2.05, 4.69) is 0 Å². The van der Waals surface area contributed by atoms with E-state index in [1.807, 2.05) is 31.4 Å². The van der Waals surface area contributed by atoms with Gasteiger partial charge in [-0.15, -0.1) is 11.3 Å². The lowest BCUT2D eigenvalue weighted by Gasteiger charge is -2.20. The Morgan fingerprint density at radius 2 is 2.21 bits per heavy atom. The largest absolute Gasteiger partial charge is 0.336 e. The molecule has 1 amide bonds. The zero-order valence-electron chi connectivity index (χ0n) is 11.0. The lowest BCUT2D eigenvalue weighted by atomic mass is 10.3. The van der Waals surface area contributed by atoms with Crippen LogP contribution in [0.2, 0.25) is 0 Å². The first kappa shape index (κ1) is 14.0. The van der Waals surface area contributed by atoms with Gasteiger partial charge in [-0.3, -0.25) is 14.2 Å². The van der Waals surface area contributed by atoms with Crippen molar-refractivity contribution in [2.75, 3.05) is 6.54 Å². The van der Waals surface area contributed by atoms with Gasteiger partial charge in [-0.25, -0.2) is 0 Å². The second-order valence-corrected chi connectivity index (χ2v) is 6.07. The molecule has 2 heterocycles. The van der Waals surface area contributed by atoms with E-state index in [1.54, 1.807) is 21.6 Å². The van der Waals surface area contributed by atoms with Gasteiger partial charge >= 0.3 is 4.87 Å². The highest BCUT2D eigenvalue weighted by Crippen LogP contribution is 2.12. The molecule has 0 fully saturated rings. The Bertz CT molecular complexity index is 598. The van der Waals surface area contributed by atoms with E-state index >= 15 is 0 Å². The van der Waals surface area contributed by atoms with Gasteiger partial charge < -0.3 is 4.90 Å². The second-order valence-electron chi connectivity index (χ2n) is 4.22. The summed E-state index contributed by atoms with van der Waals surface area (Å²) in [6.45, 7) is 5.20. The van der Waals surface area contributed by atoms with Gasteiger partial charge in [-0.1, -0.05) is 17.4 Å². The Morgan fingerprint density at radius 1 is 1.42 bits per heavy atom. The molecule has 0 N–H and O–H groups in total. The standard InChI is InChI=1S/C13H16N2O2S2/c1-3-14(7-11-5-4-6-18-11)12(16)8-15-10(2)9-19-13(15)17/h4-6,9H,3,7-8H2,1-2H3. The van der Waals surface area contributed by atoms with Gasteiger partial charge in [0.2, 0.25) is 5.91 Å². The monoisotopic (exact) mass is 296 g/mol. The Kier molecular flexibility index (Phi) is 4.55. The van der Waals surface area contributed by atoms with Crippen molar-refractivity contribution in [3.8, 4) is 0 Å². The number of carbonyl (C=O) groups is 1. The van der Waals surface area contributed by atoms with E-state index < -0.39 is 0 Å². The maximum Gasteiger partial charge on any atom is 0.307 e. The summed E-state index contributed by atoms with van der Waals surface area (Å²) < 4.78 is 1.53. The van der Waals surface area contributed by atoms with Crippen LogP contribution < -0.4 is 4.87 Å². The SMILES string of the molecule is CCN(Cc1cccs1)C(=O)Cn1c(C)csc1=O. The number of hydrogen-bond donors (Lipinski definition) is 0. The van der Waals surface area contributed by atoms with Gasteiger partial charge in [-0.05, 0) is 25.3 Å². The topological polar surface area (TPSA) is 42.3 Å². The molecule has 0 aromatic carbocycles. The van der Waals surface area contributed by atoms with Crippen molar-refractivity contribution >= 4 is 28.6 Å². The van der Waals surface area contributed by atoms with E-state index in [1.165, 1.54) is 4.57 Å². The number of hydrogen-bond acceptors (Lipinski definition) is 4. The summed E-state index contributed by atoms with van der Waals surface area (Å²) in [5, 5.41) is 3.78. The lowest BCUT2D eigenvalue weighted by Crippen LogP contribution is -2.35. The number of aryl methyl sites for hydroxylation is 1. The summed E-state index contributed by atoms with van der Waals surface area (Å²) in [7, 11) is 0. The van der Waals surface area contributed by atoms with E-state index in [9.17, 15) is 9.59 Å². The third-order valence-corrected chi connectivity index (χ3v) is 4.67. The van der Waals surface area contributed by atoms with Crippen LogP contribution >= 0.6 is 22.7 Å². The first-order valence-electron chi connectivity index (χ1n) is 6.07. The smallest absolute Gasteiger partial charge is 0.307 e. The Labute approximate surface area is 119 Å². The zero-order chi connectivity index (χ0) is 13.8. The van der Waals surface area contributed by atoms with E-state index in [0.29, 0.717) is 13.1 Å². The number of aromatic nitrogens is 1. The third kappa shape index (κ3) is 3.33. The van der Waals surface area contributed by atoms with Crippen molar-refractivity contribution in [3.63, 3.8) is 0 Å². The predicted octanol–water partition coefficient (Wildman–Crippen LogP) is 2.33. The first-order valence-corrected chi connectivity index (χ1v) is 7.82. The van der Waals surface area contributed by atoms with Crippen molar-refractivity contribution in [2.24, 2.45) is 0 Å². The van der Waals surface area contributed by atoms with Crippen LogP contribution in [0.3, 0.4) is 0 Å². The van der Waals surface area contributed by atoms with Crippen LogP contribution in [0.5, 0.6) is 0 Å². The fraction of sp³-hybridized carbons (Fsp3) is 0.385. The van der Waals surface area contributed by atoms with Crippen molar-refractivity contribution in [1.29, 1.82) is 0 Å². The Balaban J connectivity index is 2.07. The van der Waals surface area contributed by atoms with Crippen LogP contribution in [-0.4, -0.2) is 21.9 Å². The fourth-order valence-corrected chi connectivity index (χ4v) is 3.25. The van der Waals surface area contributed by atoms with Crippen LogP contribution in [0, 0.1) is 6.92 Å². The summed E-state index contributed by atoms with van der Waals surface area (Å²) in [5.74, 6) is -0.0144. The minimum atomic E-state index is -0.0713. The number of carbonyl (C=O) groups excluding carboxylic acids is 1. The lowest BCUT2D eigenvalue weighted by molar-refractivity contribution is -0.132. The zero-order valence-corrected chi connectivity index (χ0v) is 12.6. The average Bonchev–Trinajstić information content (AvgIpc) is 3.00. The van der Waals surface area contributed by atoms with E-state index in [4.69, 9.17) is 0 Å². The van der Waals surface area contributed by atoms with Gasteiger partial charge in [0.05, 0.1) is 6.54 Å². The molecule has 2 rings (SSSR count). The highest BCUT2D eigenvalue weighted by atomic mass is 32.1. The molecule has 0 radical (unpaired) electrons. The minimum Gasteiger partial charge on any atom is -0.336 e. The summed E-state index contributed by atoms with van der Waals surface area (Å²) in [6.07, 6.45) is 0. The summed E-state index contributed by atoms with van der Waals surface area (Å²) in [6, 6.07) is 3.99. The molecule has 6 heteroatoms. The van der Waals surface area contributed by atoms with Gasteiger partial charge in [0.25, 0.3) is 0 Å². The molecule has 0 saturated heterocycles. The van der Waals surface area contributed by atoms with E-state index in [0.717, 1.165) is 21.9 Å². The third-order valence-electron chi connectivity index (χ3n) is 2.93. The molecule has 0 aliphatic rings. The summed E-state index contributed by atoms with van der Waals surface area (Å²) in [4.78, 5) is 26.7. The summed E-state index contributed by atoms with van der Waals surface area (Å²) >= 11 is 2.77. The van der Waals surface area contributed by atoms with Gasteiger partial charge in [0.1, 0.15) is 6.54 Å². The molecule has 0 atom stereocenters. The highest BCUT2D eigenvalue weighted by Gasteiger charge is 2.15. The Hall–Kier alpha value is -1.40. The van der Waals surface area contributed by atoms with Gasteiger partial charge in [-0.2, -0.15) is 0 Å². The molecule has 0 aliphatic carbocycles. The molecular weight excluding hydrogens is 280 g/mol. The maximum absolute atomic E-state index is 12.2. The van der Waals surface area contributed by atoms with E-state index in [-0.39, 0.29) is 17.3 Å². The molecule has 0 spiro atoms. The van der Waals surface area contributed by atoms with Crippen LogP contribution in [0.25, 0.3) is 0 Å². The van der Waals surface area contributed by atoms with Gasteiger partial charge in [0, 0.05) is 22.5 Å². The van der Waals surface area contributed by atoms with Crippen LogP contribution in [-0.2, 0) is 17.9 Å². The number of thiophene rings is 1. The molecule has 0 aliphatic heterocycles. The maximum atomic E-state index is 12.2. The highest BCUT2D eigenvalue weighted by molar-refractivity contribution is 7.09. The molecule has 2 aromatic rings. The minimum absolute atomic E-state index is 0.0144. The van der Waals surface area contributed by atoms with Crippen molar-refractivity contribution in [3.05, 3.63) is 43.1 Å². The molecule has 4 nitrogen and oxygen atoms in total. The fourth-order valence-electron chi connectivity index (χ4n) is 1.80. The van der Waals surface area contributed by atoms with Crippen molar-refractivity contribution in [2.45, 2.75) is 26.9 Å². The van der Waals surface area contributed by atoms with Crippen molar-refractivity contribution in [1.82, 2.24) is 9.47 Å².